The molecule has 1 atom stereocenters. The molecule has 0 amide bonds. The Hall–Kier alpha value is -1.23. The molecule has 0 aliphatic heterocycles. The van der Waals surface area contributed by atoms with Gasteiger partial charge in [0.25, 0.3) is 0 Å². The summed E-state index contributed by atoms with van der Waals surface area (Å²) in [5.74, 6) is 0. The summed E-state index contributed by atoms with van der Waals surface area (Å²) in [5.41, 5.74) is -0.623. The summed E-state index contributed by atoms with van der Waals surface area (Å²) < 4.78 is 6.79. The molecule has 13 heavy (non-hydrogen) atoms. The maximum atomic E-state index is 10.6. The molecule has 72 valence electrons. The van der Waals surface area contributed by atoms with Crippen molar-refractivity contribution in [2.24, 2.45) is 5.18 Å². The van der Waals surface area contributed by atoms with Gasteiger partial charge in [0, 0.05) is 19.5 Å². The van der Waals surface area contributed by atoms with E-state index in [1.165, 1.54) is 0 Å². The number of hydrogen-bond acceptors (Lipinski definition) is 4. The number of nitrogens with zero attached hydrogens (tertiary/aromatic N) is 3. The maximum absolute atomic E-state index is 10.6. The number of rotatable bonds is 4. The Morgan fingerprint density at radius 1 is 1.62 bits per heavy atom. The van der Waals surface area contributed by atoms with Crippen LogP contribution in [0.4, 0.5) is 0 Å². The molecule has 0 aromatic carbocycles. The lowest BCUT2D eigenvalue weighted by molar-refractivity contribution is -0.0202. The third kappa shape index (κ3) is 1.92. The first-order valence-corrected chi connectivity index (χ1v) is 3.97. The van der Waals surface area contributed by atoms with Crippen molar-refractivity contribution in [2.45, 2.75) is 25.6 Å². The minimum absolute atomic E-state index is 0.583. The van der Waals surface area contributed by atoms with E-state index in [-0.39, 0.29) is 0 Å². The van der Waals surface area contributed by atoms with Crippen LogP contribution in [0.25, 0.3) is 0 Å². The van der Waals surface area contributed by atoms with Gasteiger partial charge in [-0.1, -0.05) is 0 Å². The van der Waals surface area contributed by atoms with Crippen molar-refractivity contribution in [3.8, 4) is 0 Å². The van der Waals surface area contributed by atoms with Crippen molar-refractivity contribution in [1.82, 2.24) is 9.55 Å². The predicted molar refractivity (Wildman–Crippen MR) is 48.1 cm³/mol. The third-order valence-electron chi connectivity index (χ3n) is 2.06. The number of ether oxygens (including phenoxy) is 1. The fraction of sp³-hybridized carbons (Fsp3) is 0.625. The molecule has 5 heteroatoms. The molecule has 0 N–H and O–H groups in total. The van der Waals surface area contributed by atoms with E-state index in [2.05, 4.69) is 10.2 Å². The van der Waals surface area contributed by atoms with Crippen molar-refractivity contribution < 1.29 is 4.74 Å². The molecule has 0 fully saturated rings. The van der Waals surface area contributed by atoms with Gasteiger partial charge < -0.3 is 9.30 Å². The van der Waals surface area contributed by atoms with Gasteiger partial charge in [0.05, 0.1) is 6.33 Å². The fourth-order valence-corrected chi connectivity index (χ4v) is 1.06. The van der Waals surface area contributed by atoms with Crippen molar-refractivity contribution in [3.63, 3.8) is 0 Å². The predicted octanol–water partition coefficient (Wildman–Crippen LogP) is 1.57. The molecule has 0 radical (unpaired) electrons. The lowest BCUT2D eigenvalue weighted by Gasteiger charge is -2.28. The van der Waals surface area contributed by atoms with E-state index < -0.39 is 11.8 Å². The SMILES string of the molecule is COC(C)(C)C(N=O)n1ccnc1. The molecule has 0 saturated heterocycles. The van der Waals surface area contributed by atoms with Gasteiger partial charge in [-0.3, -0.25) is 0 Å². The molecule has 0 saturated carbocycles. The van der Waals surface area contributed by atoms with E-state index in [0.717, 1.165) is 0 Å². The quantitative estimate of drug-likeness (QED) is 0.666. The van der Waals surface area contributed by atoms with Crippen LogP contribution in [0.2, 0.25) is 0 Å². The first kappa shape index (κ1) is 9.85. The summed E-state index contributed by atoms with van der Waals surface area (Å²) in [4.78, 5) is 14.5. The van der Waals surface area contributed by atoms with Crippen molar-refractivity contribution in [2.75, 3.05) is 7.11 Å². The smallest absolute Gasteiger partial charge is 0.196 e. The van der Waals surface area contributed by atoms with Gasteiger partial charge in [-0.15, -0.1) is 4.91 Å². The van der Waals surface area contributed by atoms with E-state index in [1.807, 2.05) is 0 Å². The molecular weight excluding hydrogens is 170 g/mol. The highest BCUT2D eigenvalue weighted by molar-refractivity contribution is 4.88. The van der Waals surface area contributed by atoms with Crippen molar-refractivity contribution >= 4 is 0 Å². The highest BCUT2D eigenvalue weighted by Gasteiger charge is 2.31. The molecule has 1 aromatic heterocycles. The van der Waals surface area contributed by atoms with E-state index in [4.69, 9.17) is 4.74 Å². The second-order valence-electron chi connectivity index (χ2n) is 3.30. The second kappa shape index (κ2) is 3.66. The van der Waals surface area contributed by atoms with Crippen LogP contribution in [0.5, 0.6) is 0 Å². The number of hydrogen-bond donors (Lipinski definition) is 0. The van der Waals surface area contributed by atoms with Crippen LogP contribution in [-0.2, 0) is 4.74 Å². The topological polar surface area (TPSA) is 56.5 Å². The second-order valence-corrected chi connectivity index (χ2v) is 3.30. The normalized spacial score (nSPS) is 14.1. The van der Waals surface area contributed by atoms with Crippen LogP contribution in [0.3, 0.4) is 0 Å². The maximum Gasteiger partial charge on any atom is 0.196 e. The Morgan fingerprint density at radius 3 is 2.69 bits per heavy atom. The Morgan fingerprint density at radius 2 is 2.31 bits per heavy atom. The van der Waals surface area contributed by atoms with Crippen molar-refractivity contribution in [1.29, 1.82) is 0 Å². The number of methoxy groups -OCH3 is 1. The zero-order valence-corrected chi connectivity index (χ0v) is 7.97. The monoisotopic (exact) mass is 183 g/mol. The molecular formula is C8H13N3O2. The lowest BCUT2D eigenvalue weighted by atomic mass is 10.1. The van der Waals surface area contributed by atoms with E-state index in [1.54, 1.807) is 44.2 Å². The average molecular weight is 183 g/mol. The molecule has 0 aliphatic rings. The molecule has 5 nitrogen and oxygen atoms in total. The van der Waals surface area contributed by atoms with E-state index >= 15 is 0 Å². The summed E-state index contributed by atoms with van der Waals surface area (Å²) in [7, 11) is 1.55. The highest BCUT2D eigenvalue weighted by atomic mass is 16.5. The Bertz CT molecular complexity index is 269. The van der Waals surface area contributed by atoms with Gasteiger partial charge >= 0.3 is 0 Å². The van der Waals surface area contributed by atoms with Crippen molar-refractivity contribution in [3.05, 3.63) is 23.6 Å². The van der Waals surface area contributed by atoms with Gasteiger partial charge in [-0.05, 0) is 19.0 Å². The molecule has 1 unspecified atom stereocenters. The van der Waals surface area contributed by atoms with Crippen LogP contribution >= 0.6 is 0 Å². The summed E-state index contributed by atoms with van der Waals surface area (Å²) in [6.07, 6.45) is 4.25. The first-order chi connectivity index (χ1) is 6.11. The Balaban J connectivity index is 2.92. The zero-order valence-electron chi connectivity index (χ0n) is 7.97. The summed E-state index contributed by atoms with van der Waals surface area (Å²) in [6.45, 7) is 3.61. The fourth-order valence-electron chi connectivity index (χ4n) is 1.06. The lowest BCUT2D eigenvalue weighted by Crippen LogP contribution is -2.33. The molecule has 0 aliphatic carbocycles. The van der Waals surface area contributed by atoms with Gasteiger partial charge in [0.2, 0.25) is 0 Å². The minimum Gasteiger partial charge on any atom is -0.374 e. The van der Waals surface area contributed by atoms with E-state index in [9.17, 15) is 4.91 Å². The van der Waals surface area contributed by atoms with E-state index in [0.29, 0.717) is 0 Å². The summed E-state index contributed by atoms with van der Waals surface area (Å²) in [5, 5.41) is 3.02. The largest absolute Gasteiger partial charge is 0.374 e. The number of aromatic nitrogens is 2. The Labute approximate surface area is 76.7 Å². The zero-order chi connectivity index (χ0) is 9.90. The van der Waals surface area contributed by atoms with Crippen LogP contribution in [0.1, 0.15) is 20.0 Å². The van der Waals surface area contributed by atoms with Gasteiger partial charge in [-0.25, -0.2) is 4.98 Å². The molecule has 1 aromatic rings. The van der Waals surface area contributed by atoms with Crippen LogP contribution in [-0.4, -0.2) is 22.3 Å². The molecule has 1 heterocycles. The summed E-state index contributed by atoms with van der Waals surface area (Å²) >= 11 is 0. The summed E-state index contributed by atoms with van der Waals surface area (Å²) in [6, 6.07) is 0. The standard InChI is InChI=1S/C8H13N3O2/c1-8(2,13-3)7(10-12)11-5-4-9-6-11/h4-7H,1-3H3. The third-order valence-corrected chi connectivity index (χ3v) is 2.06. The van der Waals surface area contributed by atoms with Gasteiger partial charge in [0.1, 0.15) is 5.60 Å². The molecule has 1 rings (SSSR count). The minimum atomic E-state index is -0.623. The van der Waals surface area contributed by atoms with Gasteiger partial charge in [-0.2, -0.15) is 0 Å². The highest BCUT2D eigenvalue weighted by Crippen LogP contribution is 2.26. The number of nitroso groups, excluding NO2 is 1. The first-order valence-electron chi connectivity index (χ1n) is 3.97. The van der Waals surface area contributed by atoms with Crippen LogP contribution in [0, 0.1) is 4.91 Å². The molecule has 0 spiro atoms. The average Bonchev–Trinajstić information content (AvgIpc) is 2.58. The molecule has 0 bridgehead atoms. The van der Waals surface area contributed by atoms with Gasteiger partial charge in [0.15, 0.2) is 6.17 Å². The Kier molecular flexibility index (Phi) is 2.77. The van der Waals surface area contributed by atoms with Crippen LogP contribution in [0.15, 0.2) is 23.9 Å². The van der Waals surface area contributed by atoms with Crippen LogP contribution < -0.4 is 0 Å². The number of imidazole rings is 1.